The molecule has 1 N–H and O–H groups in total. The van der Waals surface area contributed by atoms with Crippen LogP contribution in [0.5, 0.6) is 0 Å². The van der Waals surface area contributed by atoms with E-state index in [9.17, 15) is 14.7 Å². The molecule has 1 aliphatic carbocycles. The van der Waals surface area contributed by atoms with Crippen molar-refractivity contribution in [1.29, 1.82) is 0 Å². The van der Waals surface area contributed by atoms with Gasteiger partial charge in [-0.3, -0.25) is 4.79 Å². The average molecular weight is 505 g/mol. The van der Waals surface area contributed by atoms with E-state index < -0.39 is 11.9 Å². The van der Waals surface area contributed by atoms with E-state index in [1.165, 1.54) is 17.1 Å². The summed E-state index contributed by atoms with van der Waals surface area (Å²) in [6.07, 6.45) is 4.77. The van der Waals surface area contributed by atoms with Gasteiger partial charge in [0.15, 0.2) is 0 Å². The maximum atomic E-state index is 13.8. The SMILES string of the molecule is O=C(O)c1ccccc1C(=O)N1N=C2/C(=C/c3ccc(Cl)cc3)CCC[C@H]2[C@@H]1c1ccc(Cl)cc1. The number of benzene rings is 3. The van der Waals surface area contributed by atoms with Crippen LogP contribution in [0.4, 0.5) is 0 Å². The molecule has 1 heterocycles. The first-order valence-electron chi connectivity index (χ1n) is 11.4. The molecular formula is C28H22Cl2N2O3. The first-order valence-corrected chi connectivity index (χ1v) is 12.1. The minimum absolute atomic E-state index is 0.00980. The summed E-state index contributed by atoms with van der Waals surface area (Å²) >= 11 is 12.2. The van der Waals surface area contributed by atoms with Gasteiger partial charge in [-0.15, -0.1) is 0 Å². The highest BCUT2D eigenvalue weighted by atomic mass is 35.5. The number of allylic oxidation sites excluding steroid dienone is 1. The third-order valence-electron chi connectivity index (χ3n) is 6.52. The third kappa shape index (κ3) is 4.62. The Morgan fingerprint density at radius 1 is 0.914 bits per heavy atom. The van der Waals surface area contributed by atoms with E-state index in [-0.39, 0.29) is 23.1 Å². The van der Waals surface area contributed by atoms with Crippen LogP contribution in [0.15, 0.2) is 83.5 Å². The third-order valence-corrected chi connectivity index (χ3v) is 7.02. The molecule has 1 aliphatic heterocycles. The zero-order valence-corrected chi connectivity index (χ0v) is 20.2. The summed E-state index contributed by atoms with van der Waals surface area (Å²) in [5.74, 6) is -1.59. The summed E-state index contributed by atoms with van der Waals surface area (Å²) in [5.41, 5.74) is 3.94. The largest absolute Gasteiger partial charge is 0.478 e. The highest BCUT2D eigenvalue weighted by Crippen LogP contribution is 2.45. The highest BCUT2D eigenvalue weighted by molar-refractivity contribution is 6.30. The molecule has 0 unspecified atom stereocenters. The van der Waals surface area contributed by atoms with Crippen LogP contribution in [0.2, 0.25) is 10.0 Å². The minimum atomic E-state index is -1.15. The van der Waals surface area contributed by atoms with Crippen LogP contribution < -0.4 is 0 Å². The molecule has 2 aliphatic rings. The Bertz CT molecular complexity index is 1350. The van der Waals surface area contributed by atoms with Gasteiger partial charge in [-0.25, -0.2) is 9.80 Å². The van der Waals surface area contributed by atoms with E-state index in [2.05, 4.69) is 6.08 Å². The van der Waals surface area contributed by atoms with Gasteiger partial charge >= 0.3 is 5.97 Å². The lowest BCUT2D eigenvalue weighted by atomic mass is 9.77. The standard InChI is InChI=1S/C28H22Cl2N2O3/c29-20-12-8-17(9-13-20)16-19-4-3-7-24-25(19)31-32(26(24)18-10-14-21(30)15-11-18)27(33)22-5-1-2-6-23(22)28(34)35/h1-2,5-6,8-16,24,26H,3-4,7H2,(H,34,35)/b19-16+/t24-,26+/m1/s1. The molecule has 3 aromatic rings. The van der Waals surface area contributed by atoms with Gasteiger partial charge in [0.1, 0.15) is 0 Å². The Labute approximate surface area is 213 Å². The van der Waals surface area contributed by atoms with Gasteiger partial charge in [-0.05, 0) is 78.4 Å². The number of hydrazone groups is 1. The number of nitrogens with zero attached hydrogens (tertiary/aromatic N) is 2. The van der Waals surface area contributed by atoms with E-state index in [0.29, 0.717) is 10.0 Å². The molecule has 5 nitrogen and oxygen atoms in total. The lowest BCUT2D eigenvalue weighted by Crippen LogP contribution is -2.32. The fourth-order valence-corrected chi connectivity index (χ4v) is 5.15. The number of carbonyl (C=O) groups excluding carboxylic acids is 1. The van der Waals surface area contributed by atoms with Crippen molar-refractivity contribution in [2.45, 2.75) is 25.3 Å². The van der Waals surface area contributed by atoms with Crippen LogP contribution >= 0.6 is 23.2 Å². The molecule has 0 saturated heterocycles. The zero-order valence-electron chi connectivity index (χ0n) is 18.7. The highest BCUT2D eigenvalue weighted by Gasteiger charge is 2.44. The molecular weight excluding hydrogens is 483 g/mol. The number of halogens is 2. The summed E-state index contributed by atoms with van der Waals surface area (Å²) in [6.45, 7) is 0. The summed E-state index contributed by atoms with van der Waals surface area (Å²) in [4.78, 5) is 25.6. The Hall–Kier alpha value is -3.41. The number of hydrogen-bond donors (Lipinski definition) is 1. The quantitative estimate of drug-likeness (QED) is 0.410. The van der Waals surface area contributed by atoms with Gasteiger partial charge in [-0.1, -0.05) is 59.6 Å². The van der Waals surface area contributed by atoms with Crippen LogP contribution in [0.3, 0.4) is 0 Å². The average Bonchev–Trinajstić information content (AvgIpc) is 3.26. The molecule has 7 heteroatoms. The second-order valence-corrected chi connectivity index (χ2v) is 9.57. The maximum absolute atomic E-state index is 13.8. The van der Waals surface area contributed by atoms with Crippen LogP contribution in [0.25, 0.3) is 6.08 Å². The molecule has 3 aromatic carbocycles. The molecule has 1 saturated carbocycles. The minimum Gasteiger partial charge on any atom is -0.478 e. The van der Waals surface area contributed by atoms with Crippen LogP contribution in [0.1, 0.15) is 57.1 Å². The second kappa shape index (κ2) is 9.68. The molecule has 5 rings (SSSR count). The molecule has 2 atom stereocenters. The van der Waals surface area contributed by atoms with Gasteiger partial charge in [0.05, 0.1) is 22.9 Å². The van der Waals surface area contributed by atoms with E-state index in [1.54, 1.807) is 24.3 Å². The summed E-state index contributed by atoms with van der Waals surface area (Å²) in [7, 11) is 0. The number of rotatable bonds is 4. The Kier molecular flexibility index (Phi) is 6.46. The molecule has 176 valence electrons. The monoisotopic (exact) mass is 504 g/mol. The first kappa shape index (κ1) is 23.3. The first-order chi connectivity index (χ1) is 16.9. The number of aromatic carboxylic acids is 1. The number of carboxylic acid groups (broad SMARTS) is 1. The molecule has 0 aromatic heterocycles. The zero-order chi connectivity index (χ0) is 24.5. The number of amides is 1. The van der Waals surface area contributed by atoms with E-state index in [1.807, 2.05) is 36.4 Å². The Balaban J connectivity index is 1.60. The molecule has 0 bridgehead atoms. The number of carbonyl (C=O) groups is 2. The van der Waals surface area contributed by atoms with E-state index >= 15 is 0 Å². The Morgan fingerprint density at radius 2 is 1.54 bits per heavy atom. The summed E-state index contributed by atoms with van der Waals surface area (Å²) < 4.78 is 0. The predicted octanol–water partition coefficient (Wildman–Crippen LogP) is 7.13. The molecule has 0 radical (unpaired) electrons. The number of fused-ring (bicyclic) bond motifs is 1. The summed E-state index contributed by atoms with van der Waals surface area (Å²) in [5, 5.41) is 17.2. The van der Waals surface area contributed by atoms with E-state index in [0.717, 1.165) is 41.7 Å². The van der Waals surface area contributed by atoms with Crippen molar-refractivity contribution in [2.24, 2.45) is 11.0 Å². The van der Waals surface area contributed by atoms with Crippen LogP contribution in [-0.2, 0) is 0 Å². The lowest BCUT2D eigenvalue weighted by Gasteiger charge is -2.30. The Morgan fingerprint density at radius 3 is 2.20 bits per heavy atom. The van der Waals surface area contributed by atoms with Gasteiger partial charge in [0, 0.05) is 16.0 Å². The predicted molar refractivity (Wildman–Crippen MR) is 138 cm³/mol. The van der Waals surface area contributed by atoms with Gasteiger partial charge in [0.25, 0.3) is 5.91 Å². The van der Waals surface area contributed by atoms with Crippen molar-refractivity contribution >= 4 is 46.9 Å². The fourth-order valence-electron chi connectivity index (χ4n) is 4.90. The normalized spacial score (nSPS) is 20.5. The lowest BCUT2D eigenvalue weighted by molar-refractivity contribution is 0.0646. The van der Waals surface area contributed by atoms with Crippen LogP contribution in [-0.4, -0.2) is 27.7 Å². The molecule has 1 fully saturated rings. The molecule has 1 amide bonds. The van der Waals surface area contributed by atoms with Crippen molar-refractivity contribution in [3.63, 3.8) is 0 Å². The van der Waals surface area contributed by atoms with Gasteiger partial charge in [0.2, 0.25) is 0 Å². The van der Waals surface area contributed by atoms with Crippen molar-refractivity contribution in [3.8, 4) is 0 Å². The van der Waals surface area contributed by atoms with Crippen molar-refractivity contribution < 1.29 is 14.7 Å². The maximum Gasteiger partial charge on any atom is 0.336 e. The molecule has 0 spiro atoms. The van der Waals surface area contributed by atoms with Gasteiger partial charge in [-0.2, -0.15) is 5.10 Å². The van der Waals surface area contributed by atoms with Crippen LogP contribution in [0, 0.1) is 5.92 Å². The van der Waals surface area contributed by atoms with Crippen molar-refractivity contribution in [1.82, 2.24) is 5.01 Å². The van der Waals surface area contributed by atoms with E-state index in [4.69, 9.17) is 28.3 Å². The fraction of sp³-hybridized carbons (Fsp3) is 0.179. The molecule has 35 heavy (non-hydrogen) atoms. The van der Waals surface area contributed by atoms with Gasteiger partial charge < -0.3 is 5.11 Å². The number of hydrogen-bond acceptors (Lipinski definition) is 3. The number of carboxylic acids is 1. The second-order valence-electron chi connectivity index (χ2n) is 8.70. The smallest absolute Gasteiger partial charge is 0.336 e. The summed E-state index contributed by atoms with van der Waals surface area (Å²) in [6, 6.07) is 20.9. The van der Waals surface area contributed by atoms with Crippen molar-refractivity contribution in [2.75, 3.05) is 0 Å². The van der Waals surface area contributed by atoms with Crippen molar-refractivity contribution in [3.05, 3.63) is 111 Å². The topological polar surface area (TPSA) is 70.0 Å².